The zero-order valence-corrected chi connectivity index (χ0v) is 21.7. The molecule has 1 rings (SSSR count). The number of phenolic OH excluding ortho intramolecular Hbond substituents is 1. The van der Waals surface area contributed by atoms with Gasteiger partial charge < -0.3 is 10.4 Å². The Hall–Kier alpha value is -1.51. The monoisotopic (exact) mass is 459 g/mol. The molecular formula is C30H53NO2. The largest absolute Gasteiger partial charge is 0.508 e. The van der Waals surface area contributed by atoms with Crippen molar-refractivity contribution in [2.45, 2.75) is 142 Å². The molecular weight excluding hydrogens is 406 g/mol. The Morgan fingerprint density at radius 2 is 1.03 bits per heavy atom. The van der Waals surface area contributed by atoms with Crippen molar-refractivity contribution in [1.29, 1.82) is 0 Å². The van der Waals surface area contributed by atoms with Crippen molar-refractivity contribution < 1.29 is 9.90 Å². The fraction of sp³-hybridized carbons (Fsp3) is 0.767. The van der Waals surface area contributed by atoms with E-state index in [0.29, 0.717) is 13.0 Å². The third kappa shape index (κ3) is 19.6. The summed E-state index contributed by atoms with van der Waals surface area (Å²) < 4.78 is 0. The summed E-state index contributed by atoms with van der Waals surface area (Å²) in [5, 5.41) is 12.3. The van der Waals surface area contributed by atoms with Gasteiger partial charge in [0.15, 0.2) is 0 Å². The van der Waals surface area contributed by atoms with Crippen LogP contribution in [-0.2, 0) is 11.2 Å². The topological polar surface area (TPSA) is 49.3 Å². The first-order valence-corrected chi connectivity index (χ1v) is 14.3. The first-order valence-electron chi connectivity index (χ1n) is 14.3. The number of carbonyl (C=O) groups is 1. The summed E-state index contributed by atoms with van der Waals surface area (Å²) in [5.74, 6) is 0.452. The number of phenols is 1. The van der Waals surface area contributed by atoms with Gasteiger partial charge in [-0.1, -0.05) is 135 Å². The van der Waals surface area contributed by atoms with Gasteiger partial charge in [-0.2, -0.15) is 0 Å². The minimum absolute atomic E-state index is 0.167. The molecule has 0 fully saturated rings. The van der Waals surface area contributed by atoms with Crippen LogP contribution in [0, 0.1) is 0 Å². The maximum absolute atomic E-state index is 11.9. The second-order valence-corrected chi connectivity index (χ2v) is 9.88. The molecule has 1 amide bonds. The molecule has 0 unspecified atom stereocenters. The Labute approximate surface area is 205 Å². The van der Waals surface area contributed by atoms with Crippen molar-refractivity contribution in [3.63, 3.8) is 0 Å². The molecule has 0 saturated heterocycles. The summed E-state index contributed by atoms with van der Waals surface area (Å²) in [4.78, 5) is 11.9. The summed E-state index contributed by atoms with van der Waals surface area (Å²) >= 11 is 0. The highest BCUT2D eigenvalue weighted by Gasteiger charge is 2.01. The lowest BCUT2D eigenvalue weighted by Gasteiger charge is -2.06. The average Bonchev–Trinajstić information content (AvgIpc) is 2.82. The van der Waals surface area contributed by atoms with Crippen molar-refractivity contribution in [2.24, 2.45) is 0 Å². The lowest BCUT2D eigenvalue weighted by Crippen LogP contribution is -2.25. The number of benzene rings is 1. The van der Waals surface area contributed by atoms with E-state index in [4.69, 9.17) is 0 Å². The number of aromatic hydroxyl groups is 1. The quantitative estimate of drug-likeness (QED) is 0.160. The SMILES string of the molecule is CCCCCCCCCCCCCCCCCCCCCC(=O)NCCc1ccc(O)cc1. The zero-order valence-electron chi connectivity index (χ0n) is 21.7. The zero-order chi connectivity index (χ0) is 23.8. The van der Waals surface area contributed by atoms with E-state index in [1.54, 1.807) is 12.1 Å². The van der Waals surface area contributed by atoms with Gasteiger partial charge in [-0.3, -0.25) is 4.79 Å². The molecule has 33 heavy (non-hydrogen) atoms. The third-order valence-electron chi connectivity index (χ3n) is 6.68. The molecule has 3 nitrogen and oxygen atoms in total. The molecule has 0 spiro atoms. The number of unbranched alkanes of at least 4 members (excludes halogenated alkanes) is 18. The second kappa shape index (κ2) is 22.3. The highest BCUT2D eigenvalue weighted by molar-refractivity contribution is 5.75. The van der Waals surface area contributed by atoms with Crippen molar-refractivity contribution in [3.05, 3.63) is 29.8 Å². The van der Waals surface area contributed by atoms with Crippen LogP contribution in [-0.4, -0.2) is 17.6 Å². The van der Waals surface area contributed by atoms with Gasteiger partial charge in [0, 0.05) is 13.0 Å². The lowest BCUT2D eigenvalue weighted by atomic mass is 10.0. The van der Waals surface area contributed by atoms with E-state index in [1.165, 1.54) is 116 Å². The molecule has 0 heterocycles. The number of hydrogen-bond donors (Lipinski definition) is 2. The van der Waals surface area contributed by atoms with E-state index >= 15 is 0 Å². The summed E-state index contributed by atoms with van der Waals surface area (Å²) in [6.07, 6.45) is 27.6. The number of nitrogens with one attached hydrogen (secondary N) is 1. The highest BCUT2D eigenvalue weighted by atomic mass is 16.3. The van der Waals surface area contributed by atoms with Gasteiger partial charge in [0.1, 0.15) is 5.75 Å². The Balaban J connectivity index is 1.74. The maximum atomic E-state index is 11.9. The van der Waals surface area contributed by atoms with E-state index < -0.39 is 0 Å². The summed E-state index contributed by atoms with van der Waals surface area (Å²) in [5.41, 5.74) is 1.14. The summed E-state index contributed by atoms with van der Waals surface area (Å²) in [6.45, 7) is 2.96. The molecule has 0 aliphatic rings. The summed E-state index contributed by atoms with van der Waals surface area (Å²) in [6, 6.07) is 7.19. The van der Waals surface area contributed by atoms with E-state index in [9.17, 15) is 9.90 Å². The fourth-order valence-electron chi connectivity index (χ4n) is 4.46. The molecule has 0 aliphatic carbocycles. The molecule has 0 aliphatic heterocycles. The molecule has 1 aromatic rings. The summed E-state index contributed by atoms with van der Waals surface area (Å²) in [7, 11) is 0. The van der Waals surface area contributed by atoms with Crippen LogP contribution in [0.3, 0.4) is 0 Å². The van der Waals surface area contributed by atoms with Gasteiger partial charge in [-0.25, -0.2) is 0 Å². The highest BCUT2D eigenvalue weighted by Crippen LogP contribution is 2.15. The van der Waals surface area contributed by atoms with Gasteiger partial charge in [0.2, 0.25) is 5.91 Å². The minimum Gasteiger partial charge on any atom is -0.508 e. The molecule has 0 aromatic heterocycles. The third-order valence-corrected chi connectivity index (χ3v) is 6.68. The number of hydrogen-bond acceptors (Lipinski definition) is 2. The molecule has 3 heteroatoms. The Morgan fingerprint density at radius 1 is 0.636 bits per heavy atom. The Kier molecular flexibility index (Phi) is 19.9. The molecule has 0 radical (unpaired) electrons. The van der Waals surface area contributed by atoms with Crippen LogP contribution >= 0.6 is 0 Å². The smallest absolute Gasteiger partial charge is 0.220 e. The van der Waals surface area contributed by atoms with Gasteiger partial charge >= 0.3 is 0 Å². The first-order chi connectivity index (χ1) is 16.2. The maximum Gasteiger partial charge on any atom is 0.220 e. The van der Waals surface area contributed by atoms with Gasteiger partial charge in [-0.05, 0) is 30.5 Å². The van der Waals surface area contributed by atoms with Crippen LogP contribution in [0.4, 0.5) is 0 Å². The molecule has 1 aromatic carbocycles. The molecule has 0 atom stereocenters. The molecule has 0 saturated carbocycles. The van der Waals surface area contributed by atoms with E-state index in [-0.39, 0.29) is 11.7 Å². The Bertz CT molecular complexity index is 555. The molecule has 2 N–H and O–H groups in total. The van der Waals surface area contributed by atoms with Crippen LogP contribution in [0.15, 0.2) is 24.3 Å². The number of carbonyl (C=O) groups excluding carboxylic acids is 1. The second-order valence-electron chi connectivity index (χ2n) is 9.88. The standard InChI is InChI=1S/C30H53NO2/c1-2-3-4-5-6-7-8-9-10-11-12-13-14-15-16-17-18-19-20-21-30(33)31-27-26-28-22-24-29(32)25-23-28/h22-25,32H,2-21,26-27H2,1H3,(H,31,33). The average molecular weight is 460 g/mol. The van der Waals surface area contributed by atoms with Gasteiger partial charge in [-0.15, -0.1) is 0 Å². The van der Waals surface area contributed by atoms with E-state index in [1.807, 2.05) is 12.1 Å². The van der Waals surface area contributed by atoms with Crippen LogP contribution < -0.4 is 5.32 Å². The van der Waals surface area contributed by atoms with Gasteiger partial charge in [0.25, 0.3) is 0 Å². The van der Waals surface area contributed by atoms with Crippen LogP contribution in [0.1, 0.15) is 141 Å². The lowest BCUT2D eigenvalue weighted by molar-refractivity contribution is -0.121. The normalized spacial score (nSPS) is 11.1. The molecule has 0 bridgehead atoms. The number of rotatable bonds is 23. The Morgan fingerprint density at radius 3 is 1.45 bits per heavy atom. The van der Waals surface area contributed by atoms with E-state index in [2.05, 4.69) is 12.2 Å². The van der Waals surface area contributed by atoms with Crippen molar-refractivity contribution in [1.82, 2.24) is 5.32 Å². The fourth-order valence-corrected chi connectivity index (χ4v) is 4.46. The predicted octanol–water partition coefficient (Wildman–Crippen LogP) is 8.87. The van der Waals surface area contributed by atoms with Crippen molar-refractivity contribution >= 4 is 5.91 Å². The van der Waals surface area contributed by atoms with Gasteiger partial charge in [0.05, 0.1) is 0 Å². The minimum atomic E-state index is 0.167. The van der Waals surface area contributed by atoms with Crippen molar-refractivity contribution in [2.75, 3.05) is 6.54 Å². The van der Waals surface area contributed by atoms with Crippen LogP contribution in [0.2, 0.25) is 0 Å². The van der Waals surface area contributed by atoms with Crippen molar-refractivity contribution in [3.8, 4) is 5.75 Å². The first kappa shape index (κ1) is 29.5. The van der Waals surface area contributed by atoms with Crippen LogP contribution in [0.25, 0.3) is 0 Å². The van der Waals surface area contributed by atoms with E-state index in [0.717, 1.165) is 18.4 Å². The number of amides is 1. The predicted molar refractivity (Wildman–Crippen MR) is 143 cm³/mol. The molecule has 190 valence electrons. The van der Waals surface area contributed by atoms with Crippen LogP contribution in [0.5, 0.6) is 5.75 Å².